The maximum atomic E-state index is 12.8. The first-order valence-electron chi connectivity index (χ1n) is 7.63. The number of hydrogen-bond donors (Lipinski definition) is 0. The smallest absolute Gasteiger partial charge is 0.315 e. The molecule has 0 fully saturated rings. The Labute approximate surface area is 136 Å². The highest BCUT2D eigenvalue weighted by Gasteiger charge is 2.30. The van der Waals surface area contributed by atoms with Gasteiger partial charge in [-0.15, -0.1) is 6.58 Å². The van der Waals surface area contributed by atoms with Crippen molar-refractivity contribution in [3.63, 3.8) is 0 Å². The fourth-order valence-corrected chi connectivity index (χ4v) is 2.81. The lowest BCUT2D eigenvalue weighted by atomic mass is 10.1. The second-order valence-corrected chi connectivity index (χ2v) is 5.78. The van der Waals surface area contributed by atoms with Crippen molar-refractivity contribution in [2.75, 3.05) is 11.4 Å². The monoisotopic (exact) mass is 308 g/mol. The third-order valence-electron chi connectivity index (χ3n) is 3.99. The molecular weight excluding hydrogens is 288 g/mol. The summed E-state index contributed by atoms with van der Waals surface area (Å²) in [6, 6.07) is 5.96. The van der Waals surface area contributed by atoms with Crippen molar-refractivity contribution >= 4 is 11.8 Å². The van der Waals surface area contributed by atoms with Crippen LogP contribution in [0.25, 0.3) is 0 Å². The number of rotatable bonds is 4. The van der Waals surface area contributed by atoms with E-state index in [2.05, 4.69) is 22.6 Å². The van der Waals surface area contributed by atoms with E-state index in [0.717, 1.165) is 28.2 Å². The summed E-state index contributed by atoms with van der Waals surface area (Å²) >= 11 is 0. The van der Waals surface area contributed by atoms with E-state index in [1.54, 1.807) is 17.2 Å². The molecule has 0 bridgehead atoms. The Kier molecular flexibility index (Phi) is 4.10. The van der Waals surface area contributed by atoms with Gasteiger partial charge in [0.2, 0.25) is 0 Å². The molecule has 0 N–H and O–H groups in total. The molecule has 0 aliphatic carbocycles. The summed E-state index contributed by atoms with van der Waals surface area (Å²) < 4.78 is 0. The van der Waals surface area contributed by atoms with Crippen LogP contribution in [0.4, 0.5) is 10.6 Å². The number of aromatic nitrogens is 2. The van der Waals surface area contributed by atoms with Gasteiger partial charge >= 0.3 is 6.03 Å². The van der Waals surface area contributed by atoms with Crippen molar-refractivity contribution < 1.29 is 4.79 Å². The molecule has 3 heterocycles. The number of fused-ring (bicyclic) bond motifs is 1. The number of carbonyl (C=O) groups is 1. The third-order valence-corrected chi connectivity index (χ3v) is 3.99. The average molecular weight is 308 g/mol. The molecule has 1 aliphatic rings. The van der Waals surface area contributed by atoms with Crippen LogP contribution >= 0.6 is 0 Å². The molecule has 5 nitrogen and oxygen atoms in total. The largest absolute Gasteiger partial charge is 0.326 e. The summed E-state index contributed by atoms with van der Waals surface area (Å²) in [5.41, 5.74) is 4.17. The van der Waals surface area contributed by atoms with Crippen LogP contribution in [0.1, 0.15) is 22.4 Å². The van der Waals surface area contributed by atoms with Gasteiger partial charge in [-0.2, -0.15) is 0 Å². The van der Waals surface area contributed by atoms with Crippen molar-refractivity contribution in [2.45, 2.75) is 26.9 Å². The van der Waals surface area contributed by atoms with Gasteiger partial charge in [-0.3, -0.25) is 9.88 Å². The number of hydrogen-bond acceptors (Lipinski definition) is 3. The Morgan fingerprint density at radius 2 is 2.17 bits per heavy atom. The molecule has 0 saturated heterocycles. The van der Waals surface area contributed by atoms with Crippen LogP contribution in [0.15, 0.2) is 43.2 Å². The zero-order valence-corrected chi connectivity index (χ0v) is 13.5. The van der Waals surface area contributed by atoms with Crippen LogP contribution in [0.3, 0.4) is 0 Å². The van der Waals surface area contributed by atoms with Crippen LogP contribution in [0.5, 0.6) is 0 Å². The molecule has 118 valence electrons. The van der Waals surface area contributed by atoms with Gasteiger partial charge in [0.25, 0.3) is 0 Å². The normalized spacial score (nSPS) is 13.9. The first-order valence-corrected chi connectivity index (χ1v) is 7.63. The van der Waals surface area contributed by atoms with E-state index in [1.165, 1.54) is 0 Å². The topological polar surface area (TPSA) is 49.3 Å². The highest BCUT2D eigenvalue weighted by Crippen LogP contribution is 2.27. The molecule has 2 amide bonds. The molecular formula is C18H20N4O. The number of urea groups is 1. The number of aryl methyl sites for hydroxylation is 2. The van der Waals surface area contributed by atoms with Gasteiger partial charge in [0, 0.05) is 36.7 Å². The molecule has 3 rings (SSSR count). The van der Waals surface area contributed by atoms with E-state index in [4.69, 9.17) is 0 Å². The Balaban J connectivity index is 1.93. The molecule has 0 unspecified atom stereocenters. The van der Waals surface area contributed by atoms with Gasteiger partial charge in [-0.25, -0.2) is 9.78 Å². The van der Waals surface area contributed by atoms with Crippen molar-refractivity contribution in [3.05, 3.63) is 65.6 Å². The first kappa shape index (κ1) is 15.2. The SMILES string of the molecule is C=CCN1C(=O)N(Cc2cc(C)cnc2C)Cc2cccnc21. The van der Waals surface area contributed by atoms with E-state index < -0.39 is 0 Å². The Morgan fingerprint density at radius 3 is 2.96 bits per heavy atom. The molecule has 0 radical (unpaired) electrons. The standard InChI is InChI=1S/C18H20N4O/c1-4-8-22-17-15(6-5-7-19-17)11-21(18(22)23)12-16-9-13(2)10-20-14(16)3/h4-7,9-10H,1,8,11-12H2,2-3H3. The van der Waals surface area contributed by atoms with E-state index in [1.807, 2.05) is 37.1 Å². The zero-order chi connectivity index (χ0) is 16.4. The summed E-state index contributed by atoms with van der Waals surface area (Å²) in [5.74, 6) is 0.729. The quantitative estimate of drug-likeness (QED) is 0.815. The second-order valence-electron chi connectivity index (χ2n) is 5.78. The van der Waals surface area contributed by atoms with E-state index in [-0.39, 0.29) is 6.03 Å². The van der Waals surface area contributed by atoms with E-state index in [0.29, 0.717) is 19.6 Å². The highest BCUT2D eigenvalue weighted by molar-refractivity contribution is 5.93. The lowest BCUT2D eigenvalue weighted by Crippen LogP contribution is -2.47. The van der Waals surface area contributed by atoms with Gasteiger partial charge in [0.05, 0.1) is 6.54 Å². The zero-order valence-electron chi connectivity index (χ0n) is 13.5. The number of amides is 2. The minimum Gasteiger partial charge on any atom is -0.315 e. The van der Waals surface area contributed by atoms with Gasteiger partial charge in [-0.1, -0.05) is 18.2 Å². The molecule has 0 atom stereocenters. The summed E-state index contributed by atoms with van der Waals surface area (Å²) in [4.78, 5) is 25.1. The average Bonchev–Trinajstić information content (AvgIpc) is 2.55. The maximum absolute atomic E-state index is 12.8. The lowest BCUT2D eigenvalue weighted by molar-refractivity contribution is 0.195. The van der Waals surface area contributed by atoms with Crippen LogP contribution in [0.2, 0.25) is 0 Å². The van der Waals surface area contributed by atoms with Crippen LogP contribution in [-0.4, -0.2) is 27.4 Å². The summed E-state index contributed by atoms with van der Waals surface area (Å²) in [6.07, 6.45) is 5.28. The van der Waals surface area contributed by atoms with Gasteiger partial charge in [-0.05, 0) is 31.0 Å². The minimum atomic E-state index is -0.0444. The number of carbonyl (C=O) groups excluding carboxylic acids is 1. The van der Waals surface area contributed by atoms with Gasteiger partial charge < -0.3 is 4.90 Å². The fraction of sp³-hybridized carbons (Fsp3) is 0.278. The number of pyridine rings is 2. The van der Waals surface area contributed by atoms with Gasteiger partial charge in [0.15, 0.2) is 0 Å². The van der Waals surface area contributed by atoms with E-state index >= 15 is 0 Å². The Morgan fingerprint density at radius 1 is 1.35 bits per heavy atom. The molecule has 2 aromatic rings. The summed E-state index contributed by atoms with van der Waals surface area (Å²) in [6.45, 7) is 9.28. The molecule has 23 heavy (non-hydrogen) atoms. The third kappa shape index (κ3) is 2.95. The fourth-order valence-electron chi connectivity index (χ4n) is 2.81. The van der Waals surface area contributed by atoms with E-state index in [9.17, 15) is 4.79 Å². The second kappa shape index (κ2) is 6.20. The number of nitrogens with zero attached hydrogens (tertiary/aromatic N) is 4. The van der Waals surface area contributed by atoms with Crippen molar-refractivity contribution in [3.8, 4) is 0 Å². The van der Waals surface area contributed by atoms with Crippen LogP contribution < -0.4 is 4.90 Å². The van der Waals surface area contributed by atoms with Crippen molar-refractivity contribution in [2.24, 2.45) is 0 Å². The highest BCUT2D eigenvalue weighted by atomic mass is 16.2. The van der Waals surface area contributed by atoms with Crippen molar-refractivity contribution in [1.82, 2.24) is 14.9 Å². The van der Waals surface area contributed by atoms with Gasteiger partial charge in [0.1, 0.15) is 5.82 Å². The molecule has 2 aromatic heterocycles. The molecule has 0 saturated carbocycles. The summed E-state index contributed by atoms with van der Waals surface area (Å²) in [7, 11) is 0. The first-order chi connectivity index (χ1) is 11.1. The molecule has 5 heteroatoms. The number of anilines is 1. The predicted molar refractivity (Wildman–Crippen MR) is 90.1 cm³/mol. The lowest BCUT2D eigenvalue weighted by Gasteiger charge is -2.35. The summed E-state index contributed by atoms with van der Waals surface area (Å²) in [5, 5.41) is 0. The minimum absolute atomic E-state index is 0.0444. The Bertz CT molecular complexity index is 756. The maximum Gasteiger partial charge on any atom is 0.326 e. The Hall–Kier alpha value is -2.69. The van der Waals surface area contributed by atoms with Crippen LogP contribution in [0, 0.1) is 13.8 Å². The molecule has 0 aromatic carbocycles. The molecule has 0 spiro atoms. The van der Waals surface area contributed by atoms with Crippen LogP contribution in [-0.2, 0) is 13.1 Å². The predicted octanol–water partition coefficient (Wildman–Crippen LogP) is 3.22. The molecule has 1 aliphatic heterocycles. The van der Waals surface area contributed by atoms with Crippen molar-refractivity contribution in [1.29, 1.82) is 0 Å².